The molecule has 0 bridgehead atoms. The van der Waals surface area contributed by atoms with Crippen molar-refractivity contribution in [3.05, 3.63) is 0 Å². The first-order chi connectivity index (χ1) is 7.57. The number of carbonyl (C=O) groups is 2. The van der Waals surface area contributed by atoms with Gasteiger partial charge >= 0.3 is 37.7 Å². The molecule has 3 unspecified atom stereocenters. The number of carbonyl (C=O) groups excluding carboxylic acids is 2. The Bertz CT molecular complexity index is 271. The standard InChI is InChI=1S/C12H20O4.2Li/c1-2-3-5-8-6-4-7-9(11(13)14)10(8)12(15)16;;/h8-10H,2-7H2,1H3,(H,13,14)(H,15,16);;/q;2*+1/p-2. The van der Waals surface area contributed by atoms with E-state index in [1.807, 2.05) is 6.92 Å². The Hall–Kier alpha value is 0.135. The summed E-state index contributed by atoms with van der Waals surface area (Å²) in [4.78, 5) is 21.9. The molecule has 1 rings (SSSR count). The summed E-state index contributed by atoms with van der Waals surface area (Å²) in [6.07, 6.45) is 4.68. The molecule has 18 heavy (non-hydrogen) atoms. The van der Waals surface area contributed by atoms with Gasteiger partial charge in [-0.3, -0.25) is 0 Å². The number of aliphatic carboxylic acids is 2. The zero-order valence-corrected chi connectivity index (χ0v) is 11.6. The molecule has 0 spiro atoms. The Morgan fingerprint density at radius 1 is 1.11 bits per heavy atom. The summed E-state index contributed by atoms with van der Waals surface area (Å²) < 4.78 is 0. The van der Waals surface area contributed by atoms with Crippen molar-refractivity contribution in [3.63, 3.8) is 0 Å². The van der Waals surface area contributed by atoms with Gasteiger partial charge in [-0.2, -0.15) is 0 Å². The fourth-order valence-electron chi connectivity index (χ4n) is 2.70. The van der Waals surface area contributed by atoms with E-state index in [1.165, 1.54) is 0 Å². The molecule has 0 aromatic rings. The van der Waals surface area contributed by atoms with E-state index in [0.717, 1.165) is 32.1 Å². The molecule has 4 nitrogen and oxygen atoms in total. The second kappa shape index (κ2) is 9.99. The molecule has 6 heteroatoms. The molecule has 0 aromatic heterocycles. The smallest absolute Gasteiger partial charge is 0.550 e. The topological polar surface area (TPSA) is 80.3 Å². The van der Waals surface area contributed by atoms with Crippen LogP contribution in [0.2, 0.25) is 0 Å². The molecule has 0 aliphatic heterocycles. The van der Waals surface area contributed by atoms with Crippen molar-refractivity contribution >= 4 is 11.9 Å². The van der Waals surface area contributed by atoms with Crippen LogP contribution in [0.15, 0.2) is 0 Å². The summed E-state index contributed by atoms with van der Waals surface area (Å²) in [5, 5.41) is 21.9. The van der Waals surface area contributed by atoms with Crippen molar-refractivity contribution in [2.45, 2.75) is 45.4 Å². The number of rotatable bonds is 5. The van der Waals surface area contributed by atoms with E-state index in [4.69, 9.17) is 0 Å². The van der Waals surface area contributed by atoms with Gasteiger partial charge in [0.25, 0.3) is 0 Å². The van der Waals surface area contributed by atoms with Crippen molar-refractivity contribution in [3.8, 4) is 0 Å². The zero-order valence-electron chi connectivity index (χ0n) is 11.6. The minimum Gasteiger partial charge on any atom is -0.550 e. The van der Waals surface area contributed by atoms with Crippen LogP contribution < -0.4 is 47.9 Å². The van der Waals surface area contributed by atoms with Gasteiger partial charge in [0.2, 0.25) is 0 Å². The number of carboxylic acids is 2. The minimum atomic E-state index is -1.24. The quantitative estimate of drug-likeness (QED) is 0.448. The normalized spacial score (nSPS) is 26.6. The summed E-state index contributed by atoms with van der Waals surface area (Å²) in [5.74, 6) is -4.24. The minimum absolute atomic E-state index is 0. The third-order valence-corrected chi connectivity index (χ3v) is 3.53. The van der Waals surface area contributed by atoms with Gasteiger partial charge in [0.15, 0.2) is 0 Å². The molecule has 0 amide bonds. The average Bonchev–Trinajstić information content (AvgIpc) is 2.25. The molecular formula is C12H18Li2O4. The largest absolute Gasteiger partial charge is 1.00 e. The van der Waals surface area contributed by atoms with Crippen LogP contribution in [0.3, 0.4) is 0 Å². The summed E-state index contributed by atoms with van der Waals surface area (Å²) >= 11 is 0. The Kier molecular flexibility index (Phi) is 11.3. The van der Waals surface area contributed by atoms with Gasteiger partial charge in [0, 0.05) is 23.8 Å². The van der Waals surface area contributed by atoms with Crippen LogP contribution in [0.25, 0.3) is 0 Å². The van der Waals surface area contributed by atoms with Crippen molar-refractivity contribution in [1.82, 2.24) is 0 Å². The van der Waals surface area contributed by atoms with E-state index in [1.54, 1.807) is 0 Å². The first-order valence-corrected chi connectivity index (χ1v) is 5.99. The third kappa shape index (κ3) is 5.41. The van der Waals surface area contributed by atoms with Crippen molar-refractivity contribution in [1.29, 1.82) is 0 Å². The van der Waals surface area contributed by atoms with E-state index in [0.29, 0.717) is 6.42 Å². The van der Waals surface area contributed by atoms with Gasteiger partial charge in [-0.25, -0.2) is 0 Å². The predicted molar refractivity (Wildman–Crippen MR) is 53.9 cm³/mol. The summed E-state index contributed by atoms with van der Waals surface area (Å²) in [5.41, 5.74) is 0. The fraction of sp³-hybridized carbons (Fsp3) is 0.833. The van der Waals surface area contributed by atoms with Gasteiger partial charge in [-0.05, 0) is 25.2 Å². The van der Waals surface area contributed by atoms with E-state index < -0.39 is 23.8 Å². The molecule has 1 aliphatic rings. The molecule has 1 aliphatic carbocycles. The molecule has 1 saturated carbocycles. The van der Waals surface area contributed by atoms with Crippen LogP contribution >= 0.6 is 0 Å². The van der Waals surface area contributed by atoms with Crippen LogP contribution in [-0.4, -0.2) is 11.9 Å². The van der Waals surface area contributed by atoms with E-state index in [2.05, 4.69) is 0 Å². The Labute approximate surface area is 132 Å². The molecular weight excluding hydrogens is 222 g/mol. The average molecular weight is 240 g/mol. The van der Waals surface area contributed by atoms with E-state index in [-0.39, 0.29) is 43.6 Å². The second-order valence-corrected chi connectivity index (χ2v) is 4.60. The molecule has 1 fully saturated rings. The van der Waals surface area contributed by atoms with Gasteiger partial charge in [-0.1, -0.05) is 26.2 Å². The van der Waals surface area contributed by atoms with Crippen LogP contribution in [0.1, 0.15) is 45.4 Å². The zero-order chi connectivity index (χ0) is 12.1. The maximum absolute atomic E-state index is 11.0. The molecule has 0 heterocycles. The Morgan fingerprint density at radius 2 is 1.72 bits per heavy atom. The van der Waals surface area contributed by atoms with Crippen molar-refractivity contribution in [2.24, 2.45) is 17.8 Å². The first-order valence-electron chi connectivity index (χ1n) is 5.99. The van der Waals surface area contributed by atoms with Gasteiger partial charge in [0.1, 0.15) is 0 Å². The molecule has 0 aromatic carbocycles. The molecule has 3 atom stereocenters. The summed E-state index contributed by atoms with van der Waals surface area (Å²) in [6, 6.07) is 0. The maximum Gasteiger partial charge on any atom is 1.00 e. The van der Waals surface area contributed by atoms with Gasteiger partial charge in [-0.15, -0.1) is 0 Å². The maximum atomic E-state index is 11.0. The van der Waals surface area contributed by atoms with Gasteiger partial charge in [0.05, 0.1) is 0 Å². The number of hydrogen-bond acceptors (Lipinski definition) is 4. The van der Waals surface area contributed by atoms with E-state index >= 15 is 0 Å². The first kappa shape index (κ1) is 20.5. The number of hydrogen-bond donors (Lipinski definition) is 0. The van der Waals surface area contributed by atoms with E-state index in [9.17, 15) is 19.8 Å². The number of carboxylic acid groups (broad SMARTS) is 2. The van der Waals surface area contributed by atoms with Crippen LogP contribution in [0.4, 0.5) is 0 Å². The van der Waals surface area contributed by atoms with Crippen LogP contribution in [-0.2, 0) is 9.59 Å². The monoisotopic (exact) mass is 240 g/mol. The van der Waals surface area contributed by atoms with Crippen molar-refractivity contribution in [2.75, 3.05) is 0 Å². The Morgan fingerprint density at radius 3 is 2.17 bits per heavy atom. The predicted octanol–water partition coefficient (Wildman–Crippen LogP) is -6.28. The van der Waals surface area contributed by atoms with Crippen LogP contribution in [0.5, 0.6) is 0 Å². The summed E-state index contributed by atoms with van der Waals surface area (Å²) in [7, 11) is 0. The summed E-state index contributed by atoms with van der Waals surface area (Å²) in [6.45, 7) is 2.03. The number of unbranched alkanes of at least 4 members (excludes halogenated alkanes) is 1. The SMILES string of the molecule is CCCCC1CCCC(C(=O)[O-])C1C(=O)[O-].[Li+].[Li+]. The second-order valence-electron chi connectivity index (χ2n) is 4.60. The molecule has 0 radical (unpaired) electrons. The molecule has 0 saturated heterocycles. The molecule has 0 N–H and O–H groups in total. The third-order valence-electron chi connectivity index (χ3n) is 3.53. The fourth-order valence-corrected chi connectivity index (χ4v) is 2.70. The molecule has 92 valence electrons. The van der Waals surface area contributed by atoms with Gasteiger partial charge < -0.3 is 19.8 Å². The Balaban J connectivity index is 0. The van der Waals surface area contributed by atoms with Crippen molar-refractivity contribution < 1.29 is 57.5 Å². The van der Waals surface area contributed by atoms with Crippen LogP contribution in [0, 0.1) is 17.8 Å².